The van der Waals surface area contributed by atoms with Crippen LogP contribution in [0.3, 0.4) is 0 Å². The molecule has 0 aliphatic rings. The molecule has 0 heterocycles. The first-order valence-electron chi connectivity index (χ1n) is 6.48. The summed E-state index contributed by atoms with van der Waals surface area (Å²) >= 11 is 0. The molecule has 0 spiro atoms. The maximum atomic E-state index is 6.11. The van der Waals surface area contributed by atoms with Crippen LogP contribution in [0.2, 0.25) is 0 Å². The lowest BCUT2D eigenvalue weighted by molar-refractivity contribution is 0.0228. The van der Waals surface area contributed by atoms with E-state index in [0.717, 1.165) is 25.9 Å². The van der Waals surface area contributed by atoms with E-state index in [1.54, 1.807) is 0 Å². The van der Waals surface area contributed by atoms with Gasteiger partial charge in [-0.15, -0.1) is 0 Å². The molecule has 0 aromatic heterocycles. The Kier molecular flexibility index (Phi) is 8.90. The Balaban J connectivity index is 3.33. The third-order valence-electron chi connectivity index (χ3n) is 3.01. The van der Waals surface area contributed by atoms with Crippen LogP contribution in [0, 0.1) is 5.92 Å². The van der Waals surface area contributed by atoms with Gasteiger partial charge in [-0.2, -0.15) is 0 Å². The highest BCUT2D eigenvalue weighted by molar-refractivity contribution is 4.80. The lowest BCUT2D eigenvalue weighted by atomic mass is 9.96. The van der Waals surface area contributed by atoms with E-state index in [0.29, 0.717) is 25.7 Å². The van der Waals surface area contributed by atoms with Gasteiger partial charge in [0, 0.05) is 12.1 Å². The van der Waals surface area contributed by atoms with Crippen molar-refractivity contribution in [1.82, 2.24) is 0 Å². The van der Waals surface area contributed by atoms with Crippen molar-refractivity contribution in [1.29, 1.82) is 0 Å². The summed E-state index contributed by atoms with van der Waals surface area (Å²) in [4.78, 5) is 0. The lowest BCUT2D eigenvalue weighted by Crippen LogP contribution is -2.43. The molecule has 0 aromatic rings. The van der Waals surface area contributed by atoms with Gasteiger partial charge in [-0.1, -0.05) is 27.7 Å². The smallest absolute Gasteiger partial charge is 0.0701 e. The van der Waals surface area contributed by atoms with E-state index in [9.17, 15) is 0 Å². The van der Waals surface area contributed by atoms with Gasteiger partial charge in [0.1, 0.15) is 0 Å². The van der Waals surface area contributed by atoms with Gasteiger partial charge in [0.15, 0.2) is 0 Å². The molecule has 16 heavy (non-hydrogen) atoms. The second-order valence-corrected chi connectivity index (χ2v) is 4.92. The number of hydrogen-bond donors (Lipinski definition) is 1. The Morgan fingerprint density at radius 1 is 1.00 bits per heavy atom. The zero-order valence-corrected chi connectivity index (χ0v) is 11.4. The van der Waals surface area contributed by atoms with E-state index in [-0.39, 0.29) is 5.54 Å². The molecule has 0 bridgehead atoms. The fourth-order valence-electron chi connectivity index (χ4n) is 1.27. The molecular formula is C13H29NO2. The predicted molar refractivity (Wildman–Crippen MR) is 68.6 cm³/mol. The number of ether oxygens (including phenoxy) is 2. The summed E-state index contributed by atoms with van der Waals surface area (Å²) in [5.74, 6) is 0.706. The Morgan fingerprint density at radius 3 is 2.06 bits per heavy atom. The van der Waals surface area contributed by atoms with Crippen molar-refractivity contribution in [2.45, 2.75) is 52.5 Å². The number of rotatable bonds is 10. The number of nitrogens with two attached hydrogens (primary N) is 1. The van der Waals surface area contributed by atoms with Gasteiger partial charge in [0.2, 0.25) is 0 Å². The Morgan fingerprint density at radius 2 is 1.56 bits per heavy atom. The van der Waals surface area contributed by atoms with Crippen molar-refractivity contribution < 1.29 is 9.47 Å². The Hall–Kier alpha value is -0.120. The molecule has 0 fully saturated rings. The molecule has 2 N–H and O–H groups in total. The average molecular weight is 231 g/mol. The normalized spacial score (nSPS) is 12.4. The molecule has 0 aliphatic heterocycles. The van der Waals surface area contributed by atoms with Crippen molar-refractivity contribution in [3.05, 3.63) is 0 Å². The van der Waals surface area contributed by atoms with Gasteiger partial charge >= 0.3 is 0 Å². The molecule has 0 rings (SSSR count). The van der Waals surface area contributed by atoms with Crippen molar-refractivity contribution in [3.8, 4) is 0 Å². The Bertz CT molecular complexity index is 156. The van der Waals surface area contributed by atoms with Gasteiger partial charge in [-0.05, 0) is 25.2 Å². The summed E-state index contributed by atoms with van der Waals surface area (Å²) < 4.78 is 11.0. The van der Waals surface area contributed by atoms with Crippen LogP contribution < -0.4 is 5.73 Å². The molecule has 0 amide bonds. The lowest BCUT2D eigenvalue weighted by Gasteiger charge is -2.26. The fourth-order valence-corrected chi connectivity index (χ4v) is 1.27. The summed E-state index contributed by atoms with van der Waals surface area (Å²) in [7, 11) is 0. The SMILES string of the molecule is CCC(N)(CC)COCCOCCC(C)C. The third-order valence-corrected chi connectivity index (χ3v) is 3.01. The van der Waals surface area contributed by atoms with Crippen LogP contribution in [0.15, 0.2) is 0 Å². The van der Waals surface area contributed by atoms with Crippen LogP contribution in [-0.4, -0.2) is 32.0 Å². The fraction of sp³-hybridized carbons (Fsp3) is 1.00. The van der Waals surface area contributed by atoms with E-state index in [2.05, 4.69) is 27.7 Å². The summed E-state index contributed by atoms with van der Waals surface area (Å²) in [6.07, 6.45) is 3.03. The maximum Gasteiger partial charge on any atom is 0.0701 e. The van der Waals surface area contributed by atoms with Gasteiger partial charge in [0.05, 0.1) is 19.8 Å². The minimum atomic E-state index is -0.155. The summed E-state index contributed by atoms with van der Waals surface area (Å²) in [6.45, 7) is 11.4. The topological polar surface area (TPSA) is 44.5 Å². The molecule has 98 valence electrons. The first kappa shape index (κ1) is 15.9. The van der Waals surface area contributed by atoms with Gasteiger partial charge in [-0.3, -0.25) is 0 Å². The molecule has 0 saturated carbocycles. The first-order chi connectivity index (χ1) is 7.54. The van der Waals surface area contributed by atoms with Crippen molar-refractivity contribution in [2.75, 3.05) is 26.4 Å². The van der Waals surface area contributed by atoms with E-state index in [4.69, 9.17) is 15.2 Å². The molecule has 3 nitrogen and oxygen atoms in total. The molecule has 0 aromatic carbocycles. The molecule has 0 saturated heterocycles. The highest BCUT2D eigenvalue weighted by Gasteiger charge is 2.19. The maximum absolute atomic E-state index is 6.11. The molecule has 0 atom stereocenters. The van der Waals surface area contributed by atoms with Crippen molar-refractivity contribution in [3.63, 3.8) is 0 Å². The molecule has 0 radical (unpaired) electrons. The highest BCUT2D eigenvalue weighted by atomic mass is 16.5. The molecular weight excluding hydrogens is 202 g/mol. The average Bonchev–Trinajstić information content (AvgIpc) is 2.27. The second kappa shape index (κ2) is 8.97. The standard InChI is InChI=1S/C13H29NO2/c1-5-13(14,6-2)11-16-10-9-15-8-7-12(3)4/h12H,5-11,14H2,1-4H3. The van der Waals surface area contributed by atoms with Crippen LogP contribution >= 0.6 is 0 Å². The summed E-state index contributed by atoms with van der Waals surface area (Å²) in [6, 6.07) is 0. The third kappa shape index (κ3) is 8.08. The van der Waals surface area contributed by atoms with Crippen LogP contribution in [0.25, 0.3) is 0 Å². The van der Waals surface area contributed by atoms with E-state index in [1.165, 1.54) is 0 Å². The molecule has 3 heteroatoms. The van der Waals surface area contributed by atoms with E-state index in [1.807, 2.05) is 0 Å². The van der Waals surface area contributed by atoms with Gasteiger partial charge < -0.3 is 15.2 Å². The summed E-state index contributed by atoms with van der Waals surface area (Å²) in [5, 5.41) is 0. The van der Waals surface area contributed by atoms with E-state index >= 15 is 0 Å². The van der Waals surface area contributed by atoms with Crippen molar-refractivity contribution in [2.24, 2.45) is 11.7 Å². The monoisotopic (exact) mass is 231 g/mol. The van der Waals surface area contributed by atoms with Gasteiger partial charge in [0.25, 0.3) is 0 Å². The molecule has 0 aliphatic carbocycles. The minimum Gasteiger partial charge on any atom is -0.379 e. The summed E-state index contributed by atoms with van der Waals surface area (Å²) in [5.41, 5.74) is 5.96. The van der Waals surface area contributed by atoms with Crippen LogP contribution in [0.4, 0.5) is 0 Å². The second-order valence-electron chi connectivity index (χ2n) is 4.92. The van der Waals surface area contributed by atoms with Crippen LogP contribution in [-0.2, 0) is 9.47 Å². The van der Waals surface area contributed by atoms with Crippen LogP contribution in [0.1, 0.15) is 47.0 Å². The predicted octanol–water partition coefficient (Wildman–Crippen LogP) is 2.58. The highest BCUT2D eigenvalue weighted by Crippen LogP contribution is 2.11. The molecule has 0 unspecified atom stereocenters. The van der Waals surface area contributed by atoms with Gasteiger partial charge in [-0.25, -0.2) is 0 Å². The quantitative estimate of drug-likeness (QED) is 0.588. The number of hydrogen-bond acceptors (Lipinski definition) is 3. The van der Waals surface area contributed by atoms with E-state index < -0.39 is 0 Å². The van der Waals surface area contributed by atoms with Crippen LogP contribution in [0.5, 0.6) is 0 Å². The first-order valence-corrected chi connectivity index (χ1v) is 6.48. The zero-order chi connectivity index (χ0) is 12.4. The van der Waals surface area contributed by atoms with Crippen molar-refractivity contribution >= 4 is 0 Å². The Labute approximate surface area is 101 Å². The minimum absolute atomic E-state index is 0.155. The zero-order valence-electron chi connectivity index (χ0n) is 11.4. The largest absolute Gasteiger partial charge is 0.379 e.